The van der Waals surface area contributed by atoms with Crippen molar-refractivity contribution in [3.8, 4) is 0 Å². The molecule has 0 saturated carbocycles. The van der Waals surface area contributed by atoms with Gasteiger partial charge in [-0.2, -0.15) is 0 Å². The Kier molecular flexibility index (Phi) is 4.31. The van der Waals surface area contributed by atoms with Crippen molar-refractivity contribution in [3.63, 3.8) is 0 Å². The lowest BCUT2D eigenvalue weighted by molar-refractivity contribution is -0.130. The van der Waals surface area contributed by atoms with Crippen LogP contribution in [0, 0.1) is 5.41 Å². The number of nitrogens with one attached hydrogen (secondary N) is 2. The van der Waals surface area contributed by atoms with Gasteiger partial charge in [0.25, 0.3) is 0 Å². The molecule has 1 aliphatic rings. The number of aromatic nitrogens is 2. The van der Waals surface area contributed by atoms with E-state index in [1.165, 1.54) is 0 Å². The van der Waals surface area contributed by atoms with Gasteiger partial charge in [0.15, 0.2) is 0 Å². The van der Waals surface area contributed by atoms with Crippen LogP contribution in [-0.4, -0.2) is 42.7 Å². The molecule has 0 radical (unpaired) electrons. The Morgan fingerprint density at radius 3 is 2.73 bits per heavy atom. The van der Waals surface area contributed by atoms with Gasteiger partial charge in [-0.1, -0.05) is 0 Å². The van der Waals surface area contributed by atoms with E-state index in [0.717, 1.165) is 42.7 Å². The minimum Gasteiger partial charge on any atom is -0.384 e. The molecule has 1 aromatic carbocycles. The Bertz CT molecular complexity index is 662. The van der Waals surface area contributed by atoms with E-state index < -0.39 is 5.41 Å². The van der Waals surface area contributed by atoms with Crippen LogP contribution in [-0.2, 0) is 9.53 Å². The summed E-state index contributed by atoms with van der Waals surface area (Å²) < 4.78 is 5.30. The molecule has 3 rings (SSSR count). The van der Waals surface area contributed by atoms with Gasteiger partial charge in [0.1, 0.15) is 0 Å². The van der Waals surface area contributed by atoms with Gasteiger partial charge in [-0.25, -0.2) is 0 Å². The van der Waals surface area contributed by atoms with Crippen molar-refractivity contribution in [2.45, 2.75) is 12.8 Å². The number of carbonyl (C=O) groups is 1. The van der Waals surface area contributed by atoms with E-state index in [9.17, 15) is 4.79 Å². The minimum atomic E-state index is -0.461. The highest BCUT2D eigenvalue weighted by Crippen LogP contribution is 2.31. The molecule has 6 heteroatoms. The molecule has 1 amide bonds. The van der Waals surface area contributed by atoms with E-state index in [0.29, 0.717) is 6.61 Å². The third-order valence-electron chi connectivity index (χ3n) is 4.19. The number of fused-ring (bicyclic) bond motifs is 1. The number of hydrogen-bond donors (Lipinski definition) is 2. The number of nitrogens with zero attached hydrogens (tertiary/aromatic N) is 2. The first-order valence-electron chi connectivity index (χ1n) is 7.45. The van der Waals surface area contributed by atoms with Gasteiger partial charge in [0, 0.05) is 25.2 Å². The van der Waals surface area contributed by atoms with Crippen LogP contribution in [0.15, 0.2) is 30.6 Å². The maximum Gasteiger partial charge on any atom is 0.233 e. The standard InChI is InChI=1S/C16H20N4O2/c1-22-11-16(4-6-17-7-5-16)15(21)20-12-2-3-13-14(10-12)19-9-8-18-13/h2-3,8-10,17H,4-7,11H2,1H3,(H,20,21). The molecule has 0 atom stereocenters. The summed E-state index contributed by atoms with van der Waals surface area (Å²) >= 11 is 0. The zero-order chi connectivity index (χ0) is 15.4. The normalized spacial score (nSPS) is 17.3. The summed E-state index contributed by atoms with van der Waals surface area (Å²) in [6.07, 6.45) is 4.86. The molecule has 0 bridgehead atoms. The smallest absolute Gasteiger partial charge is 0.233 e. The summed E-state index contributed by atoms with van der Waals surface area (Å²) in [6.45, 7) is 2.11. The summed E-state index contributed by atoms with van der Waals surface area (Å²) in [5, 5.41) is 6.30. The van der Waals surface area contributed by atoms with Crippen LogP contribution >= 0.6 is 0 Å². The number of benzene rings is 1. The first-order chi connectivity index (χ1) is 10.7. The van der Waals surface area contributed by atoms with Crippen LogP contribution in [0.4, 0.5) is 5.69 Å². The number of amides is 1. The summed E-state index contributed by atoms with van der Waals surface area (Å²) in [5.41, 5.74) is 1.87. The van der Waals surface area contributed by atoms with Crippen LogP contribution in [0.25, 0.3) is 11.0 Å². The molecule has 116 valence electrons. The first-order valence-corrected chi connectivity index (χ1v) is 7.45. The Balaban J connectivity index is 1.81. The Morgan fingerprint density at radius 1 is 1.27 bits per heavy atom. The fourth-order valence-corrected chi connectivity index (χ4v) is 2.92. The number of hydrogen-bond acceptors (Lipinski definition) is 5. The van der Waals surface area contributed by atoms with E-state index >= 15 is 0 Å². The van der Waals surface area contributed by atoms with Crippen LogP contribution in [0.5, 0.6) is 0 Å². The minimum absolute atomic E-state index is 0.0130. The second-order valence-electron chi connectivity index (χ2n) is 5.68. The van der Waals surface area contributed by atoms with Crippen molar-refractivity contribution in [2.75, 3.05) is 32.1 Å². The van der Waals surface area contributed by atoms with Crippen molar-refractivity contribution in [3.05, 3.63) is 30.6 Å². The average molecular weight is 300 g/mol. The number of carbonyl (C=O) groups excluding carboxylic acids is 1. The molecule has 1 aromatic heterocycles. The summed E-state index contributed by atoms with van der Waals surface area (Å²) in [4.78, 5) is 21.3. The van der Waals surface area contributed by atoms with Gasteiger partial charge in [-0.15, -0.1) is 0 Å². The average Bonchev–Trinajstić information content (AvgIpc) is 2.56. The van der Waals surface area contributed by atoms with E-state index in [1.807, 2.05) is 18.2 Å². The van der Waals surface area contributed by atoms with E-state index in [1.54, 1.807) is 19.5 Å². The number of piperidine rings is 1. The Hall–Kier alpha value is -2.05. The van der Waals surface area contributed by atoms with Gasteiger partial charge in [-0.3, -0.25) is 14.8 Å². The molecular formula is C16H20N4O2. The Morgan fingerprint density at radius 2 is 2.00 bits per heavy atom. The monoisotopic (exact) mass is 300 g/mol. The molecule has 22 heavy (non-hydrogen) atoms. The van der Waals surface area contributed by atoms with E-state index in [2.05, 4.69) is 20.6 Å². The maximum atomic E-state index is 12.8. The molecule has 1 aliphatic heterocycles. The summed E-state index contributed by atoms with van der Waals surface area (Å²) in [5.74, 6) is 0.0130. The number of ether oxygens (including phenoxy) is 1. The molecule has 0 spiro atoms. The van der Waals surface area contributed by atoms with Gasteiger partial charge >= 0.3 is 0 Å². The highest BCUT2D eigenvalue weighted by molar-refractivity contribution is 5.97. The third-order valence-corrected chi connectivity index (χ3v) is 4.19. The molecule has 0 aliphatic carbocycles. The van der Waals surface area contributed by atoms with Crippen molar-refractivity contribution in [2.24, 2.45) is 5.41 Å². The summed E-state index contributed by atoms with van der Waals surface area (Å²) in [6, 6.07) is 5.57. The lowest BCUT2D eigenvalue weighted by Crippen LogP contribution is -2.47. The van der Waals surface area contributed by atoms with Crippen molar-refractivity contribution < 1.29 is 9.53 Å². The summed E-state index contributed by atoms with van der Waals surface area (Å²) in [7, 11) is 1.64. The van der Waals surface area contributed by atoms with Crippen LogP contribution in [0.2, 0.25) is 0 Å². The molecule has 2 aromatic rings. The lowest BCUT2D eigenvalue weighted by Gasteiger charge is -2.35. The molecule has 6 nitrogen and oxygen atoms in total. The predicted molar refractivity (Wildman–Crippen MR) is 84.6 cm³/mol. The third kappa shape index (κ3) is 2.93. The van der Waals surface area contributed by atoms with Crippen molar-refractivity contribution in [1.82, 2.24) is 15.3 Å². The number of methoxy groups -OCH3 is 1. The van der Waals surface area contributed by atoms with Gasteiger partial charge in [0.05, 0.1) is 23.1 Å². The predicted octanol–water partition coefficient (Wildman–Crippen LogP) is 1.58. The number of anilines is 1. The van der Waals surface area contributed by atoms with Crippen molar-refractivity contribution >= 4 is 22.6 Å². The van der Waals surface area contributed by atoms with Crippen LogP contribution in [0.3, 0.4) is 0 Å². The molecule has 2 heterocycles. The topological polar surface area (TPSA) is 76.1 Å². The Labute approximate surface area is 129 Å². The number of rotatable bonds is 4. The second-order valence-corrected chi connectivity index (χ2v) is 5.68. The fraction of sp³-hybridized carbons (Fsp3) is 0.438. The van der Waals surface area contributed by atoms with Crippen molar-refractivity contribution in [1.29, 1.82) is 0 Å². The molecular weight excluding hydrogens is 280 g/mol. The molecule has 1 saturated heterocycles. The fourth-order valence-electron chi connectivity index (χ4n) is 2.92. The molecule has 2 N–H and O–H groups in total. The lowest BCUT2D eigenvalue weighted by atomic mass is 9.78. The van der Waals surface area contributed by atoms with E-state index in [4.69, 9.17) is 4.74 Å². The van der Waals surface area contributed by atoms with E-state index in [-0.39, 0.29) is 5.91 Å². The second kappa shape index (κ2) is 6.37. The zero-order valence-corrected chi connectivity index (χ0v) is 12.6. The van der Waals surface area contributed by atoms with Crippen LogP contribution < -0.4 is 10.6 Å². The van der Waals surface area contributed by atoms with Gasteiger partial charge in [0.2, 0.25) is 5.91 Å². The highest BCUT2D eigenvalue weighted by Gasteiger charge is 2.39. The van der Waals surface area contributed by atoms with Gasteiger partial charge < -0.3 is 15.4 Å². The molecule has 1 fully saturated rings. The SMILES string of the molecule is COCC1(C(=O)Nc2ccc3nccnc3c2)CCNCC1. The maximum absolute atomic E-state index is 12.8. The first kappa shape index (κ1) is 14.9. The highest BCUT2D eigenvalue weighted by atomic mass is 16.5. The van der Waals surface area contributed by atoms with Gasteiger partial charge in [-0.05, 0) is 44.1 Å². The van der Waals surface area contributed by atoms with Crippen LogP contribution in [0.1, 0.15) is 12.8 Å². The largest absolute Gasteiger partial charge is 0.384 e. The molecule has 0 unspecified atom stereocenters. The zero-order valence-electron chi connectivity index (χ0n) is 12.6. The quantitative estimate of drug-likeness (QED) is 0.896.